The van der Waals surface area contributed by atoms with Crippen LogP contribution in [0.5, 0.6) is 11.5 Å². The Morgan fingerprint density at radius 3 is 2.62 bits per heavy atom. The number of hydrogen-bond donors (Lipinski definition) is 2. The average molecular weight is 536 g/mol. The van der Waals surface area contributed by atoms with Gasteiger partial charge in [-0.05, 0) is 54.4 Å². The second-order valence-electron chi connectivity index (χ2n) is 8.36. The molecule has 0 unspecified atom stereocenters. The number of benzene rings is 3. The fraction of sp³-hybridized carbons (Fsp3) is 0.148. The van der Waals surface area contributed by atoms with Gasteiger partial charge in [-0.25, -0.2) is 4.68 Å². The highest BCUT2D eigenvalue weighted by Crippen LogP contribution is 2.36. The fourth-order valence-electron chi connectivity index (χ4n) is 4.17. The lowest BCUT2D eigenvalue weighted by atomic mass is 9.95. The average Bonchev–Trinajstić information content (AvgIpc) is 3.37. The first kappa shape index (κ1) is 24.7. The van der Waals surface area contributed by atoms with Crippen LogP contribution < -0.4 is 20.1 Å². The minimum absolute atomic E-state index is 0.277. The van der Waals surface area contributed by atoms with Crippen molar-refractivity contribution in [3.63, 3.8) is 0 Å². The number of nitrogens with one attached hydrogen (secondary N) is 2. The lowest BCUT2D eigenvalue weighted by Crippen LogP contribution is -2.31. The molecule has 1 aliphatic rings. The molecule has 2 heterocycles. The third-order valence-electron chi connectivity index (χ3n) is 5.98. The zero-order valence-electron chi connectivity index (χ0n) is 20.0. The fourth-order valence-corrected chi connectivity index (χ4v) is 4.49. The second kappa shape index (κ2) is 10.5. The first-order valence-electron chi connectivity index (χ1n) is 11.4. The highest BCUT2D eigenvalue weighted by molar-refractivity contribution is 6.42. The van der Waals surface area contributed by atoms with Gasteiger partial charge < -0.3 is 20.1 Å². The van der Waals surface area contributed by atoms with Crippen LogP contribution in [0.3, 0.4) is 0 Å². The van der Waals surface area contributed by atoms with Crippen molar-refractivity contribution in [2.24, 2.45) is 0 Å². The summed E-state index contributed by atoms with van der Waals surface area (Å²) >= 11 is 12.1. The van der Waals surface area contributed by atoms with Crippen LogP contribution >= 0.6 is 23.2 Å². The van der Waals surface area contributed by atoms with Gasteiger partial charge in [0, 0.05) is 5.70 Å². The van der Waals surface area contributed by atoms with E-state index in [0.717, 1.165) is 11.1 Å². The molecule has 2 N–H and O–H groups in total. The maximum Gasteiger partial charge on any atom is 0.255 e. The minimum atomic E-state index is -0.502. The van der Waals surface area contributed by atoms with E-state index in [1.807, 2.05) is 49.4 Å². The Morgan fingerprint density at radius 1 is 1.08 bits per heavy atom. The Morgan fingerprint density at radius 2 is 1.86 bits per heavy atom. The predicted molar refractivity (Wildman–Crippen MR) is 143 cm³/mol. The van der Waals surface area contributed by atoms with E-state index >= 15 is 0 Å². The Balaban J connectivity index is 1.41. The molecular formula is C27H23Cl2N5O3. The molecule has 3 aromatic carbocycles. The van der Waals surface area contributed by atoms with E-state index in [4.69, 9.17) is 32.7 Å². The zero-order chi connectivity index (χ0) is 25.9. The quantitative estimate of drug-likeness (QED) is 0.297. The van der Waals surface area contributed by atoms with Crippen molar-refractivity contribution >= 4 is 40.7 Å². The lowest BCUT2D eigenvalue weighted by Gasteiger charge is -2.29. The van der Waals surface area contributed by atoms with E-state index in [9.17, 15) is 4.79 Å². The molecule has 4 aromatic rings. The molecule has 10 heteroatoms. The summed E-state index contributed by atoms with van der Waals surface area (Å²) in [5.74, 6) is 1.51. The van der Waals surface area contributed by atoms with Crippen LogP contribution in [-0.2, 0) is 11.4 Å². The van der Waals surface area contributed by atoms with Gasteiger partial charge in [0.05, 0.1) is 28.4 Å². The van der Waals surface area contributed by atoms with E-state index in [1.54, 1.807) is 36.1 Å². The zero-order valence-corrected chi connectivity index (χ0v) is 21.5. The number of amides is 1. The number of ether oxygens (including phenoxy) is 2. The molecule has 188 valence electrons. The van der Waals surface area contributed by atoms with E-state index in [2.05, 4.69) is 20.7 Å². The number of aromatic nitrogens is 3. The number of fused-ring (bicyclic) bond motifs is 1. The summed E-state index contributed by atoms with van der Waals surface area (Å²) < 4.78 is 13.0. The standard InChI is InChI=1S/C27H23Cl2N5O3/c1-16-24(26(35)33-22-5-3-4-6-23(22)36-2)25(34-27(32-16)30-15-31-34)18-8-10-19(11-9-18)37-14-17-7-12-20(28)21(29)13-17/h3-13,15,25H,14H2,1-2H3,(H,33,35)(H,30,31,32)/t25-/m1/s1. The van der Waals surface area contributed by atoms with Gasteiger partial charge in [-0.15, -0.1) is 0 Å². The Labute approximate surface area is 223 Å². The van der Waals surface area contributed by atoms with Crippen molar-refractivity contribution < 1.29 is 14.3 Å². The van der Waals surface area contributed by atoms with Gasteiger partial charge in [0.1, 0.15) is 30.5 Å². The number of anilines is 2. The number of allylic oxidation sites excluding steroid dienone is 1. The smallest absolute Gasteiger partial charge is 0.255 e. The number of para-hydroxylation sites is 2. The summed E-state index contributed by atoms with van der Waals surface area (Å²) in [5.41, 5.74) is 3.51. The normalized spacial score (nSPS) is 14.5. The van der Waals surface area contributed by atoms with E-state index in [-0.39, 0.29) is 5.91 Å². The largest absolute Gasteiger partial charge is 0.495 e. The third-order valence-corrected chi connectivity index (χ3v) is 6.72. The van der Waals surface area contributed by atoms with Crippen molar-refractivity contribution in [3.05, 3.63) is 105 Å². The van der Waals surface area contributed by atoms with Crippen molar-refractivity contribution in [2.75, 3.05) is 17.7 Å². The van der Waals surface area contributed by atoms with Crippen molar-refractivity contribution in [1.29, 1.82) is 0 Å². The highest BCUT2D eigenvalue weighted by Gasteiger charge is 2.33. The molecule has 1 amide bonds. The van der Waals surface area contributed by atoms with Gasteiger partial charge in [-0.3, -0.25) is 4.79 Å². The van der Waals surface area contributed by atoms with Gasteiger partial charge in [0.15, 0.2) is 0 Å². The molecule has 0 fully saturated rings. The third kappa shape index (κ3) is 5.12. The van der Waals surface area contributed by atoms with Crippen LogP contribution in [0.25, 0.3) is 0 Å². The molecule has 1 atom stereocenters. The number of methoxy groups -OCH3 is 1. The van der Waals surface area contributed by atoms with Gasteiger partial charge in [-0.2, -0.15) is 10.1 Å². The SMILES string of the molecule is COc1ccccc1NC(=O)C1=C(C)Nc2ncnn2[C@@H]1c1ccc(OCc2ccc(Cl)c(Cl)c2)cc1. The summed E-state index contributed by atoms with van der Waals surface area (Å²) in [6, 6.07) is 19.7. The first-order chi connectivity index (χ1) is 17.9. The molecule has 1 aliphatic heterocycles. The van der Waals surface area contributed by atoms with Crippen molar-refractivity contribution in [2.45, 2.75) is 19.6 Å². The van der Waals surface area contributed by atoms with Crippen molar-refractivity contribution in [3.8, 4) is 11.5 Å². The number of rotatable bonds is 7. The minimum Gasteiger partial charge on any atom is -0.495 e. The van der Waals surface area contributed by atoms with E-state index in [0.29, 0.717) is 51.1 Å². The number of carbonyl (C=O) groups excluding carboxylic acids is 1. The van der Waals surface area contributed by atoms with Crippen LogP contribution in [0.2, 0.25) is 10.0 Å². The predicted octanol–water partition coefficient (Wildman–Crippen LogP) is 6.10. The summed E-state index contributed by atoms with van der Waals surface area (Å²) in [5, 5.41) is 11.5. The monoisotopic (exact) mass is 535 g/mol. The summed E-state index contributed by atoms with van der Waals surface area (Å²) in [4.78, 5) is 17.9. The van der Waals surface area contributed by atoms with Gasteiger partial charge in [0.25, 0.3) is 5.91 Å². The van der Waals surface area contributed by atoms with E-state index in [1.165, 1.54) is 6.33 Å². The molecule has 0 radical (unpaired) electrons. The molecule has 0 aliphatic carbocycles. The molecule has 0 spiro atoms. The molecule has 8 nitrogen and oxygen atoms in total. The highest BCUT2D eigenvalue weighted by atomic mass is 35.5. The Kier molecular flexibility index (Phi) is 7.03. The Hall–Kier alpha value is -4.01. The van der Waals surface area contributed by atoms with Crippen LogP contribution in [0.15, 0.2) is 84.3 Å². The number of halogens is 2. The van der Waals surface area contributed by atoms with Crippen LogP contribution in [0, 0.1) is 0 Å². The number of nitrogens with zero attached hydrogens (tertiary/aromatic N) is 3. The maximum atomic E-state index is 13.6. The number of hydrogen-bond acceptors (Lipinski definition) is 6. The van der Waals surface area contributed by atoms with Crippen molar-refractivity contribution in [1.82, 2.24) is 14.8 Å². The summed E-state index contributed by atoms with van der Waals surface area (Å²) in [7, 11) is 1.56. The van der Waals surface area contributed by atoms with Crippen LogP contribution in [0.1, 0.15) is 24.1 Å². The molecule has 5 rings (SSSR count). The van der Waals surface area contributed by atoms with Gasteiger partial charge in [-0.1, -0.05) is 53.5 Å². The molecule has 0 bridgehead atoms. The first-order valence-corrected chi connectivity index (χ1v) is 12.2. The second-order valence-corrected chi connectivity index (χ2v) is 9.17. The topological polar surface area (TPSA) is 90.3 Å². The summed E-state index contributed by atoms with van der Waals surface area (Å²) in [6.07, 6.45) is 1.46. The molecule has 0 saturated heterocycles. The lowest BCUT2D eigenvalue weighted by molar-refractivity contribution is -0.113. The maximum absolute atomic E-state index is 13.6. The van der Waals surface area contributed by atoms with E-state index < -0.39 is 6.04 Å². The Bertz CT molecular complexity index is 1480. The molecule has 0 saturated carbocycles. The summed E-state index contributed by atoms with van der Waals surface area (Å²) in [6.45, 7) is 2.18. The molecule has 37 heavy (non-hydrogen) atoms. The van der Waals surface area contributed by atoms with Crippen LogP contribution in [0.4, 0.5) is 11.6 Å². The van der Waals surface area contributed by atoms with Gasteiger partial charge >= 0.3 is 0 Å². The van der Waals surface area contributed by atoms with Gasteiger partial charge in [0.2, 0.25) is 5.95 Å². The number of carbonyl (C=O) groups is 1. The molecule has 1 aromatic heterocycles. The molecular weight excluding hydrogens is 513 g/mol. The van der Waals surface area contributed by atoms with Crippen LogP contribution in [-0.4, -0.2) is 27.8 Å².